The van der Waals surface area contributed by atoms with E-state index in [2.05, 4.69) is 9.29 Å². The number of carbonyl (C=O) groups excluding carboxylic acids is 2. The van der Waals surface area contributed by atoms with Crippen LogP contribution in [0.25, 0.3) is 6.08 Å². The molecule has 2 heterocycles. The van der Waals surface area contributed by atoms with Crippen LogP contribution in [-0.2, 0) is 26.1 Å². The molecule has 0 unspecified atom stereocenters. The smallest absolute Gasteiger partial charge is 0.331 e. The second-order valence-corrected chi connectivity index (χ2v) is 9.85. The lowest BCUT2D eigenvalue weighted by atomic mass is 10.1. The molecule has 0 fully saturated rings. The lowest BCUT2D eigenvalue weighted by Crippen LogP contribution is -2.22. The lowest BCUT2D eigenvalue weighted by Gasteiger charge is -2.13. The minimum Gasteiger partial charge on any atom is -0.468 e. The predicted octanol–water partition coefficient (Wildman–Crippen LogP) is 4.20. The molecule has 2 aromatic heterocycles. The summed E-state index contributed by atoms with van der Waals surface area (Å²) in [5.74, 6) is -0.427. The van der Waals surface area contributed by atoms with Crippen LogP contribution in [0, 0.1) is 13.8 Å². The largest absolute Gasteiger partial charge is 0.468 e. The van der Waals surface area contributed by atoms with Crippen LogP contribution in [0.2, 0.25) is 0 Å². The van der Waals surface area contributed by atoms with Crippen molar-refractivity contribution < 1.29 is 27.2 Å². The maximum Gasteiger partial charge on any atom is 0.331 e. The molecule has 3 aromatic rings. The fraction of sp³-hybridized carbons (Fsp3) is 0.280. The number of benzene rings is 1. The van der Waals surface area contributed by atoms with Gasteiger partial charge < -0.3 is 13.7 Å². The molecule has 1 N–H and O–H groups in total. The van der Waals surface area contributed by atoms with Crippen molar-refractivity contribution in [3.05, 3.63) is 83.1 Å². The first kappa shape index (κ1) is 25.2. The molecule has 0 aliphatic heterocycles. The average Bonchev–Trinajstić information content (AvgIpc) is 3.42. The normalized spacial score (nSPS) is 11.9. The number of furan rings is 1. The molecule has 0 spiro atoms. The topological polar surface area (TPSA) is 108 Å². The summed E-state index contributed by atoms with van der Waals surface area (Å²) in [4.78, 5) is 24.7. The molecule has 0 aliphatic rings. The Morgan fingerprint density at radius 1 is 1.15 bits per heavy atom. The lowest BCUT2D eigenvalue weighted by molar-refractivity contribution is -0.136. The van der Waals surface area contributed by atoms with Crippen molar-refractivity contribution >= 4 is 27.9 Å². The van der Waals surface area contributed by atoms with E-state index in [1.807, 2.05) is 27.7 Å². The fourth-order valence-electron chi connectivity index (χ4n) is 3.70. The van der Waals surface area contributed by atoms with Crippen LogP contribution in [0.3, 0.4) is 0 Å². The van der Waals surface area contributed by atoms with Gasteiger partial charge in [0.1, 0.15) is 5.76 Å². The summed E-state index contributed by atoms with van der Waals surface area (Å²) < 4.78 is 39.5. The highest BCUT2D eigenvalue weighted by atomic mass is 32.2. The third-order valence-corrected chi connectivity index (χ3v) is 6.68. The van der Waals surface area contributed by atoms with Gasteiger partial charge in [-0.05, 0) is 69.7 Å². The van der Waals surface area contributed by atoms with Gasteiger partial charge >= 0.3 is 5.97 Å². The number of Topliss-reactive ketones (excluding diaryl/α,β-unsaturated/α-hetero) is 1. The monoisotopic (exact) mass is 484 g/mol. The Balaban J connectivity index is 1.55. The maximum atomic E-state index is 12.5. The van der Waals surface area contributed by atoms with Gasteiger partial charge in [-0.25, -0.2) is 17.9 Å². The Morgan fingerprint density at radius 2 is 1.85 bits per heavy atom. The molecule has 0 amide bonds. The zero-order valence-corrected chi connectivity index (χ0v) is 20.4. The van der Waals surface area contributed by atoms with E-state index in [-0.39, 0.29) is 29.9 Å². The molecule has 0 saturated heterocycles. The minimum absolute atomic E-state index is 0.0445. The molecule has 8 nitrogen and oxygen atoms in total. The number of nitrogens with one attached hydrogen (secondary N) is 1. The second-order valence-electron chi connectivity index (χ2n) is 8.09. The summed E-state index contributed by atoms with van der Waals surface area (Å²) in [6.45, 7) is 7.58. The van der Waals surface area contributed by atoms with Gasteiger partial charge in [-0.3, -0.25) is 4.79 Å². The molecule has 0 radical (unpaired) electrons. The molecule has 0 saturated carbocycles. The molecule has 0 atom stereocenters. The van der Waals surface area contributed by atoms with Crippen LogP contribution >= 0.6 is 0 Å². The number of rotatable bonds is 10. The van der Waals surface area contributed by atoms with Gasteiger partial charge in [-0.15, -0.1) is 0 Å². The number of ketones is 1. The third kappa shape index (κ3) is 6.12. The van der Waals surface area contributed by atoms with Crippen LogP contribution in [-0.4, -0.2) is 31.3 Å². The number of nitrogens with zero attached hydrogens (tertiary/aromatic N) is 1. The number of ether oxygens (including phenoxy) is 1. The van der Waals surface area contributed by atoms with Gasteiger partial charge in [-0.1, -0.05) is 12.1 Å². The van der Waals surface area contributed by atoms with Crippen molar-refractivity contribution in [2.24, 2.45) is 0 Å². The van der Waals surface area contributed by atoms with E-state index in [0.717, 1.165) is 11.4 Å². The number of hydrogen-bond donors (Lipinski definition) is 1. The Bertz CT molecular complexity index is 1280. The summed E-state index contributed by atoms with van der Waals surface area (Å²) in [7, 11) is -3.70. The fourth-order valence-corrected chi connectivity index (χ4v) is 4.69. The van der Waals surface area contributed by atoms with Gasteiger partial charge in [-0.2, -0.15) is 0 Å². The third-order valence-electron chi connectivity index (χ3n) is 5.27. The van der Waals surface area contributed by atoms with Crippen molar-refractivity contribution in [3.8, 4) is 0 Å². The van der Waals surface area contributed by atoms with Gasteiger partial charge in [0, 0.05) is 29.1 Å². The zero-order valence-electron chi connectivity index (χ0n) is 19.6. The second kappa shape index (κ2) is 10.7. The van der Waals surface area contributed by atoms with E-state index in [4.69, 9.17) is 9.15 Å². The average molecular weight is 485 g/mol. The maximum absolute atomic E-state index is 12.5. The molecule has 1 aromatic carbocycles. The number of aryl methyl sites for hydroxylation is 1. The number of sulfonamides is 1. The van der Waals surface area contributed by atoms with E-state index in [9.17, 15) is 18.0 Å². The first-order valence-corrected chi connectivity index (χ1v) is 12.3. The molecular weight excluding hydrogens is 456 g/mol. The standard InChI is InChI=1S/C25H28N2O6S/c1-17(2)27-18(3)14-23(19(27)4)24(28)16-33-25(29)12-9-20-7-10-22(11-8-20)34(30,31)26-15-21-6-5-13-32-21/h5-14,17,26H,15-16H2,1-4H3/b12-9+. The van der Waals surface area contributed by atoms with E-state index >= 15 is 0 Å². The Hall–Kier alpha value is -3.43. The predicted molar refractivity (Wildman–Crippen MR) is 128 cm³/mol. The van der Waals surface area contributed by atoms with Crippen LogP contribution in [0.5, 0.6) is 0 Å². The summed E-state index contributed by atoms with van der Waals surface area (Å²) in [5.41, 5.74) is 2.97. The molecule has 0 bridgehead atoms. The molecule has 3 rings (SSSR count). The van der Waals surface area contributed by atoms with Gasteiger partial charge in [0.15, 0.2) is 6.61 Å². The molecule has 34 heavy (non-hydrogen) atoms. The van der Waals surface area contributed by atoms with Crippen molar-refractivity contribution in [1.29, 1.82) is 0 Å². The van der Waals surface area contributed by atoms with Crippen molar-refractivity contribution in [2.45, 2.75) is 45.2 Å². The van der Waals surface area contributed by atoms with Gasteiger partial charge in [0.2, 0.25) is 15.8 Å². The van der Waals surface area contributed by atoms with Gasteiger partial charge in [0.05, 0.1) is 17.7 Å². The van der Waals surface area contributed by atoms with Crippen LogP contribution in [0.1, 0.15) is 53.0 Å². The first-order valence-electron chi connectivity index (χ1n) is 10.8. The quantitative estimate of drug-likeness (QED) is 0.263. The summed E-state index contributed by atoms with van der Waals surface area (Å²) in [5, 5.41) is 0. The Morgan fingerprint density at radius 3 is 2.44 bits per heavy atom. The molecule has 9 heteroatoms. The summed E-state index contributed by atoms with van der Waals surface area (Å²) in [6.07, 6.45) is 4.16. The number of carbonyl (C=O) groups is 2. The van der Waals surface area contributed by atoms with Crippen LogP contribution < -0.4 is 4.72 Å². The van der Waals surface area contributed by atoms with Crippen LogP contribution in [0.15, 0.2) is 64.1 Å². The highest BCUT2D eigenvalue weighted by molar-refractivity contribution is 7.89. The van der Waals surface area contributed by atoms with Crippen molar-refractivity contribution in [3.63, 3.8) is 0 Å². The van der Waals surface area contributed by atoms with Crippen molar-refractivity contribution in [2.75, 3.05) is 6.61 Å². The highest BCUT2D eigenvalue weighted by Crippen LogP contribution is 2.20. The van der Waals surface area contributed by atoms with E-state index < -0.39 is 16.0 Å². The summed E-state index contributed by atoms with van der Waals surface area (Å²) in [6, 6.07) is 11.4. The minimum atomic E-state index is -3.70. The van der Waals surface area contributed by atoms with E-state index in [0.29, 0.717) is 16.9 Å². The highest BCUT2D eigenvalue weighted by Gasteiger charge is 2.18. The molecule has 180 valence electrons. The van der Waals surface area contributed by atoms with Crippen molar-refractivity contribution in [1.82, 2.24) is 9.29 Å². The SMILES string of the molecule is Cc1cc(C(=O)COC(=O)/C=C/c2ccc(S(=O)(=O)NCc3ccco3)cc2)c(C)n1C(C)C. The number of hydrogen-bond acceptors (Lipinski definition) is 6. The van der Waals surface area contributed by atoms with E-state index in [1.165, 1.54) is 30.5 Å². The summed E-state index contributed by atoms with van der Waals surface area (Å²) >= 11 is 0. The number of esters is 1. The molecule has 0 aliphatic carbocycles. The zero-order chi connectivity index (χ0) is 24.9. The Kier molecular flexibility index (Phi) is 7.90. The first-order chi connectivity index (χ1) is 16.1. The Labute approximate surface area is 199 Å². The molecular formula is C25H28N2O6S. The van der Waals surface area contributed by atoms with E-state index in [1.54, 1.807) is 30.3 Å². The van der Waals surface area contributed by atoms with Crippen LogP contribution in [0.4, 0.5) is 0 Å². The van der Waals surface area contributed by atoms with Gasteiger partial charge in [0.25, 0.3) is 0 Å². The number of aromatic nitrogens is 1.